The first-order valence-corrected chi connectivity index (χ1v) is 11.4. The highest BCUT2D eigenvalue weighted by atomic mass is 32.1. The van der Waals surface area contributed by atoms with Crippen LogP contribution in [0.3, 0.4) is 0 Å². The third-order valence-electron chi connectivity index (χ3n) is 5.66. The summed E-state index contributed by atoms with van der Waals surface area (Å²) in [5.41, 5.74) is 1.05. The SMILES string of the molecule is COc1ccc(CN(C(=O)c2ccccc2F)C2CCCC2)cc1OCc1cccs1. The van der Waals surface area contributed by atoms with Crippen molar-refractivity contribution < 1.29 is 18.7 Å². The summed E-state index contributed by atoms with van der Waals surface area (Å²) in [6.07, 6.45) is 4.06. The molecule has 1 fully saturated rings. The Morgan fingerprint density at radius 2 is 1.90 bits per heavy atom. The summed E-state index contributed by atoms with van der Waals surface area (Å²) in [5.74, 6) is 0.540. The van der Waals surface area contributed by atoms with Crippen molar-refractivity contribution >= 4 is 17.2 Å². The molecule has 0 N–H and O–H groups in total. The lowest BCUT2D eigenvalue weighted by Gasteiger charge is -2.29. The number of thiophene rings is 1. The number of ether oxygens (including phenoxy) is 2. The van der Waals surface area contributed by atoms with E-state index in [1.54, 1.807) is 36.6 Å². The van der Waals surface area contributed by atoms with Crippen LogP contribution in [0.2, 0.25) is 0 Å². The van der Waals surface area contributed by atoms with E-state index in [1.807, 2.05) is 40.6 Å². The highest BCUT2D eigenvalue weighted by Gasteiger charge is 2.29. The molecule has 6 heteroatoms. The molecule has 1 heterocycles. The molecule has 31 heavy (non-hydrogen) atoms. The molecule has 0 bridgehead atoms. The van der Waals surface area contributed by atoms with Crippen LogP contribution in [0.5, 0.6) is 11.5 Å². The summed E-state index contributed by atoms with van der Waals surface area (Å²) in [7, 11) is 1.61. The minimum Gasteiger partial charge on any atom is -0.493 e. The van der Waals surface area contributed by atoms with Crippen molar-refractivity contribution in [2.75, 3.05) is 7.11 Å². The van der Waals surface area contributed by atoms with E-state index in [0.717, 1.165) is 36.1 Å². The fourth-order valence-corrected chi connectivity index (χ4v) is 4.66. The van der Waals surface area contributed by atoms with Crippen molar-refractivity contribution in [1.82, 2.24) is 4.90 Å². The van der Waals surface area contributed by atoms with Crippen molar-refractivity contribution in [3.05, 3.63) is 81.8 Å². The molecule has 2 aromatic carbocycles. The van der Waals surface area contributed by atoms with Gasteiger partial charge in [-0.15, -0.1) is 11.3 Å². The van der Waals surface area contributed by atoms with Gasteiger partial charge in [-0.05, 0) is 54.1 Å². The van der Waals surface area contributed by atoms with Crippen LogP contribution >= 0.6 is 11.3 Å². The Hall–Kier alpha value is -2.86. The van der Waals surface area contributed by atoms with Crippen LogP contribution in [0.25, 0.3) is 0 Å². The molecule has 1 saturated carbocycles. The van der Waals surface area contributed by atoms with Crippen LogP contribution in [0.15, 0.2) is 60.0 Å². The molecule has 1 aromatic heterocycles. The Morgan fingerprint density at radius 1 is 1.10 bits per heavy atom. The maximum atomic E-state index is 14.3. The molecule has 3 aromatic rings. The number of amides is 1. The van der Waals surface area contributed by atoms with Crippen LogP contribution < -0.4 is 9.47 Å². The molecule has 0 aliphatic heterocycles. The Bertz CT molecular complexity index is 1020. The van der Waals surface area contributed by atoms with Gasteiger partial charge >= 0.3 is 0 Å². The fourth-order valence-electron chi connectivity index (χ4n) is 4.04. The van der Waals surface area contributed by atoms with Crippen molar-refractivity contribution in [1.29, 1.82) is 0 Å². The molecule has 1 amide bonds. The van der Waals surface area contributed by atoms with Gasteiger partial charge in [0.15, 0.2) is 11.5 Å². The first-order chi connectivity index (χ1) is 15.2. The zero-order valence-electron chi connectivity index (χ0n) is 17.6. The number of halogens is 1. The third kappa shape index (κ3) is 5.07. The number of carbonyl (C=O) groups excluding carboxylic acids is 1. The van der Waals surface area contributed by atoms with Crippen LogP contribution in [0, 0.1) is 5.82 Å². The zero-order valence-corrected chi connectivity index (χ0v) is 18.4. The molecule has 0 radical (unpaired) electrons. The van der Waals surface area contributed by atoms with Crippen LogP contribution in [-0.4, -0.2) is 24.0 Å². The Labute approximate surface area is 186 Å². The third-order valence-corrected chi connectivity index (χ3v) is 6.51. The molecule has 0 atom stereocenters. The molecule has 4 nitrogen and oxygen atoms in total. The standard InChI is InChI=1S/C25H26FNO3S/c1-29-23-13-12-18(15-24(23)30-17-20-9-6-14-31-20)16-27(19-7-2-3-8-19)25(28)21-10-4-5-11-22(21)26/h4-6,9-15,19H,2-3,7-8,16-17H2,1H3. The maximum Gasteiger partial charge on any atom is 0.257 e. The van der Waals surface area contributed by atoms with E-state index in [9.17, 15) is 9.18 Å². The van der Waals surface area contributed by atoms with Crippen molar-refractivity contribution in [2.24, 2.45) is 0 Å². The fraction of sp³-hybridized carbons (Fsp3) is 0.320. The summed E-state index contributed by atoms with van der Waals surface area (Å²) in [5, 5.41) is 2.01. The molecule has 162 valence electrons. The quantitative estimate of drug-likeness (QED) is 0.428. The predicted molar refractivity (Wildman–Crippen MR) is 120 cm³/mol. The number of hydrogen-bond acceptors (Lipinski definition) is 4. The number of methoxy groups -OCH3 is 1. The summed E-state index contributed by atoms with van der Waals surface area (Å²) in [6, 6.07) is 16.0. The van der Waals surface area contributed by atoms with Crippen molar-refractivity contribution in [3.63, 3.8) is 0 Å². The summed E-state index contributed by atoms with van der Waals surface area (Å²) in [4.78, 5) is 16.2. The van der Waals surface area contributed by atoms with E-state index in [4.69, 9.17) is 9.47 Å². The van der Waals surface area contributed by atoms with Gasteiger partial charge in [0.2, 0.25) is 0 Å². The molecule has 0 unspecified atom stereocenters. The minimum atomic E-state index is -0.481. The van der Waals surface area contributed by atoms with Gasteiger partial charge < -0.3 is 14.4 Å². The number of nitrogens with zero attached hydrogens (tertiary/aromatic N) is 1. The van der Waals surface area contributed by atoms with Crippen LogP contribution in [-0.2, 0) is 13.2 Å². The summed E-state index contributed by atoms with van der Waals surface area (Å²) in [6.45, 7) is 0.856. The second-order valence-corrected chi connectivity index (χ2v) is 8.74. The monoisotopic (exact) mass is 439 g/mol. The maximum absolute atomic E-state index is 14.3. The van der Waals surface area contributed by atoms with E-state index in [-0.39, 0.29) is 17.5 Å². The van der Waals surface area contributed by atoms with E-state index < -0.39 is 5.82 Å². The summed E-state index contributed by atoms with van der Waals surface area (Å²) < 4.78 is 25.8. The van der Waals surface area contributed by atoms with E-state index in [0.29, 0.717) is 24.7 Å². The van der Waals surface area contributed by atoms with Gasteiger partial charge in [-0.1, -0.05) is 37.1 Å². The predicted octanol–water partition coefficient (Wildman–Crippen LogP) is 6.06. The molecule has 0 spiro atoms. The molecule has 1 aliphatic rings. The zero-order chi connectivity index (χ0) is 21.6. The van der Waals surface area contributed by atoms with Gasteiger partial charge in [0, 0.05) is 17.5 Å². The largest absolute Gasteiger partial charge is 0.493 e. The number of hydrogen-bond donors (Lipinski definition) is 0. The molecule has 1 aliphatic carbocycles. The second kappa shape index (κ2) is 9.96. The van der Waals surface area contributed by atoms with Gasteiger partial charge in [0.25, 0.3) is 5.91 Å². The van der Waals surface area contributed by atoms with Gasteiger partial charge in [0.05, 0.1) is 12.7 Å². The smallest absolute Gasteiger partial charge is 0.257 e. The highest BCUT2D eigenvalue weighted by Crippen LogP contribution is 2.32. The van der Waals surface area contributed by atoms with Gasteiger partial charge in [0.1, 0.15) is 12.4 Å². The van der Waals surface area contributed by atoms with Crippen molar-refractivity contribution in [3.8, 4) is 11.5 Å². The molecule has 0 saturated heterocycles. The first kappa shape index (κ1) is 21.4. The average Bonchev–Trinajstić information content (AvgIpc) is 3.50. The lowest BCUT2D eigenvalue weighted by Crippen LogP contribution is -2.38. The van der Waals surface area contributed by atoms with Crippen LogP contribution in [0.1, 0.15) is 46.5 Å². The summed E-state index contributed by atoms with van der Waals surface area (Å²) >= 11 is 1.64. The van der Waals surface area contributed by atoms with E-state index in [1.165, 1.54) is 6.07 Å². The van der Waals surface area contributed by atoms with Crippen LogP contribution in [0.4, 0.5) is 4.39 Å². The second-order valence-electron chi connectivity index (χ2n) is 7.70. The molecular formula is C25H26FNO3S. The van der Waals surface area contributed by atoms with Crippen molar-refractivity contribution in [2.45, 2.75) is 44.9 Å². The van der Waals surface area contributed by atoms with Gasteiger partial charge in [-0.2, -0.15) is 0 Å². The lowest BCUT2D eigenvalue weighted by atomic mass is 10.1. The minimum absolute atomic E-state index is 0.115. The first-order valence-electron chi connectivity index (χ1n) is 10.5. The Balaban J connectivity index is 1.58. The molecular weight excluding hydrogens is 413 g/mol. The lowest BCUT2D eigenvalue weighted by molar-refractivity contribution is 0.0659. The molecule has 4 rings (SSSR count). The number of benzene rings is 2. The number of rotatable bonds is 8. The number of carbonyl (C=O) groups is 1. The average molecular weight is 440 g/mol. The Morgan fingerprint density at radius 3 is 2.61 bits per heavy atom. The topological polar surface area (TPSA) is 38.8 Å². The normalized spacial score (nSPS) is 13.9. The highest BCUT2D eigenvalue weighted by molar-refractivity contribution is 7.09. The van der Waals surface area contributed by atoms with Gasteiger partial charge in [-0.3, -0.25) is 4.79 Å². The van der Waals surface area contributed by atoms with E-state index >= 15 is 0 Å². The van der Waals surface area contributed by atoms with E-state index in [2.05, 4.69) is 0 Å². The van der Waals surface area contributed by atoms with Gasteiger partial charge in [-0.25, -0.2) is 4.39 Å². The Kier molecular flexibility index (Phi) is 6.87.